The lowest BCUT2D eigenvalue weighted by molar-refractivity contribution is -0.386. The fraction of sp³-hybridized carbons (Fsp3) is 0.240. The molecular formula is C25H26N2O7. The lowest BCUT2D eigenvalue weighted by Gasteiger charge is -2.21. The van der Waals surface area contributed by atoms with Gasteiger partial charge < -0.3 is 24.3 Å². The van der Waals surface area contributed by atoms with Crippen molar-refractivity contribution in [2.24, 2.45) is 0 Å². The van der Waals surface area contributed by atoms with Crippen molar-refractivity contribution in [2.75, 3.05) is 27.9 Å². The largest absolute Gasteiger partial charge is 0.494 e. The lowest BCUT2D eigenvalue weighted by Crippen LogP contribution is -2.30. The summed E-state index contributed by atoms with van der Waals surface area (Å²) < 4.78 is 21.3. The molecule has 1 atom stereocenters. The summed E-state index contributed by atoms with van der Waals surface area (Å²) >= 11 is 0. The van der Waals surface area contributed by atoms with Crippen molar-refractivity contribution in [3.63, 3.8) is 0 Å². The first-order valence-corrected chi connectivity index (χ1v) is 10.5. The van der Waals surface area contributed by atoms with E-state index in [9.17, 15) is 14.9 Å². The zero-order valence-electron chi connectivity index (χ0n) is 19.4. The van der Waals surface area contributed by atoms with Crippen LogP contribution in [0.5, 0.6) is 23.0 Å². The maximum atomic E-state index is 13.4. The van der Waals surface area contributed by atoms with Crippen LogP contribution in [0.4, 0.5) is 5.69 Å². The average Bonchev–Trinajstić information content (AvgIpc) is 2.86. The number of methoxy groups -OCH3 is 3. The van der Waals surface area contributed by atoms with Gasteiger partial charge in [0.25, 0.3) is 5.91 Å². The fourth-order valence-electron chi connectivity index (χ4n) is 3.63. The van der Waals surface area contributed by atoms with E-state index in [0.29, 0.717) is 12.4 Å². The Kier molecular flexibility index (Phi) is 7.92. The Morgan fingerprint density at radius 1 is 0.941 bits per heavy atom. The topological polar surface area (TPSA) is 109 Å². The first kappa shape index (κ1) is 24.4. The van der Waals surface area contributed by atoms with Crippen LogP contribution in [-0.4, -0.2) is 38.8 Å². The van der Waals surface area contributed by atoms with Gasteiger partial charge in [-0.05, 0) is 30.2 Å². The van der Waals surface area contributed by atoms with Crippen LogP contribution >= 0.6 is 0 Å². The number of carbonyl (C=O) groups is 1. The number of benzene rings is 3. The smallest absolute Gasteiger partial charge is 0.327 e. The van der Waals surface area contributed by atoms with E-state index in [4.69, 9.17) is 18.9 Å². The van der Waals surface area contributed by atoms with Crippen molar-refractivity contribution in [1.82, 2.24) is 5.32 Å². The Bertz CT molecular complexity index is 1150. The molecule has 3 aromatic rings. The van der Waals surface area contributed by atoms with Crippen molar-refractivity contribution in [3.05, 3.63) is 87.5 Å². The average molecular weight is 466 g/mol. The van der Waals surface area contributed by atoms with Crippen LogP contribution in [0.2, 0.25) is 0 Å². The van der Waals surface area contributed by atoms with Crippen LogP contribution in [0.1, 0.15) is 34.5 Å². The van der Waals surface area contributed by atoms with Gasteiger partial charge in [0.2, 0.25) is 11.5 Å². The van der Waals surface area contributed by atoms with Gasteiger partial charge in [-0.1, -0.05) is 42.5 Å². The highest BCUT2D eigenvalue weighted by molar-refractivity contribution is 6.01. The minimum absolute atomic E-state index is 0.0272. The van der Waals surface area contributed by atoms with E-state index in [0.717, 1.165) is 11.1 Å². The van der Waals surface area contributed by atoms with Gasteiger partial charge in [-0.25, -0.2) is 0 Å². The third kappa shape index (κ3) is 5.03. The normalized spacial score (nSPS) is 11.3. The van der Waals surface area contributed by atoms with E-state index < -0.39 is 22.6 Å². The number of rotatable bonds is 10. The first-order chi connectivity index (χ1) is 16.4. The Hall–Kier alpha value is -4.27. The van der Waals surface area contributed by atoms with Crippen LogP contribution < -0.4 is 24.3 Å². The first-order valence-electron chi connectivity index (χ1n) is 10.5. The third-order valence-electron chi connectivity index (χ3n) is 5.16. The zero-order chi connectivity index (χ0) is 24.7. The molecule has 0 aliphatic rings. The number of nitro benzene ring substituents is 1. The second-order valence-corrected chi connectivity index (χ2v) is 7.12. The quantitative estimate of drug-likeness (QED) is 0.345. The standard InChI is InChI=1S/C25H26N2O7/c1-5-34-18-13-11-17(12-14-18)21(16-9-7-6-8-10-16)26-25(28)19-15-20(31-2)23(32-3)24(33-4)22(19)27(29)30/h6-15,21H,5H2,1-4H3,(H,26,28). The summed E-state index contributed by atoms with van der Waals surface area (Å²) in [5.74, 6) is -0.0144. The molecule has 1 N–H and O–H groups in total. The summed E-state index contributed by atoms with van der Waals surface area (Å²) in [6.07, 6.45) is 0. The van der Waals surface area contributed by atoms with Gasteiger partial charge in [-0.3, -0.25) is 14.9 Å². The molecule has 3 aromatic carbocycles. The molecule has 0 aromatic heterocycles. The maximum Gasteiger partial charge on any atom is 0.327 e. The minimum atomic E-state index is -0.676. The molecule has 3 rings (SSSR count). The van der Waals surface area contributed by atoms with Gasteiger partial charge in [0, 0.05) is 6.07 Å². The molecule has 178 valence electrons. The highest BCUT2D eigenvalue weighted by atomic mass is 16.6. The maximum absolute atomic E-state index is 13.4. The number of carbonyl (C=O) groups excluding carboxylic acids is 1. The van der Waals surface area contributed by atoms with Gasteiger partial charge in [-0.2, -0.15) is 0 Å². The van der Waals surface area contributed by atoms with Gasteiger partial charge in [-0.15, -0.1) is 0 Å². The summed E-state index contributed by atoms with van der Waals surface area (Å²) in [6, 6.07) is 17.3. The number of hydrogen-bond acceptors (Lipinski definition) is 7. The number of nitrogens with one attached hydrogen (secondary N) is 1. The van der Waals surface area contributed by atoms with Crippen molar-refractivity contribution in [1.29, 1.82) is 0 Å². The Morgan fingerprint density at radius 3 is 2.09 bits per heavy atom. The van der Waals surface area contributed by atoms with E-state index in [1.807, 2.05) is 61.5 Å². The van der Waals surface area contributed by atoms with E-state index in [1.165, 1.54) is 27.4 Å². The molecule has 0 fully saturated rings. The molecule has 0 saturated heterocycles. The predicted molar refractivity (Wildman–Crippen MR) is 126 cm³/mol. The number of ether oxygens (including phenoxy) is 4. The third-order valence-corrected chi connectivity index (χ3v) is 5.16. The van der Waals surface area contributed by atoms with Crippen LogP contribution in [0, 0.1) is 10.1 Å². The highest BCUT2D eigenvalue weighted by Crippen LogP contribution is 2.46. The van der Waals surface area contributed by atoms with Crippen molar-refractivity contribution in [3.8, 4) is 23.0 Å². The minimum Gasteiger partial charge on any atom is -0.494 e. The highest BCUT2D eigenvalue weighted by Gasteiger charge is 2.33. The summed E-state index contributed by atoms with van der Waals surface area (Å²) in [7, 11) is 3.97. The van der Waals surface area contributed by atoms with Crippen molar-refractivity contribution < 1.29 is 28.7 Å². The second kappa shape index (κ2) is 11.0. The number of nitrogens with zero attached hydrogens (tertiary/aromatic N) is 1. The second-order valence-electron chi connectivity index (χ2n) is 7.12. The van der Waals surface area contributed by atoms with Gasteiger partial charge >= 0.3 is 5.69 Å². The molecule has 34 heavy (non-hydrogen) atoms. The molecule has 1 amide bonds. The number of amides is 1. The fourth-order valence-corrected chi connectivity index (χ4v) is 3.63. The Labute approximate surface area is 197 Å². The molecule has 0 radical (unpaired) electrons. The molecule has 0 heterocycles. The monoisotopic (exact) mass is 466 g/mol. The summed E-state index contributed by atoms with van der Waals surface area (Å²) in [5, 5.41) is 14.9. The van der Waals surface area contributed by atoms with Gasteiger partial charge in [0.15, 0.2) is 5.75 Å². The SMILES string of the molecule is CCOc1ccc(C(NC(=O)c2cc(OC)c(OC)c(OC)c2[N+](=O)[O-])c2ccccc2)cc1. The molecular weight excluding hydrogens is 440 g/mol. The summed E-state index contributed by atoms with van der Waals surface area (Å²) in [5.41, 5.74) is 0.843. The summed E-state index contributed by atoms with van der Waals surface area (Å²) in [6.45, 7) is 2.42. The zero-order valence-corrected chi connectivity index (χ0v) is 19.4. The van der Waals surface area contributed by atoms with E-state index in [2.05, 4.69) is 5.32 Å². The Balaban J connectivity index is 2.09. The van der Waals surface area contributed by atoms with E-state index >= 15 is 0 Å². The Morgan fingerprint density at radius 2 is 1.56 bits per heavy atom. The van der Waals surface area contributed by atoms with Gasteiger partial charge in [0.1, 0.15) is 11.3 Å². The van der Waals surface area contributed by atoms with Gasteiger partial charge in [0.05, 0.1) is 38.9 Å². The number of hydrogen-bond donors (Lipinski definition) is 1. The molecule has 0 aliphatic carbocycles. The predicted octanol–water partition coefficient (Wildman–Crippen LogP) is 4.54. The lowest BCUT2D eigenvalue weighted by atomic mass is 9.97. The van der Waals surface area contributed by atoms with Crippen molar-refractivity contribution in [2.45, 2.75) is 13.0 Å². The van der Waals surface area contributed by atoms with Crippen LogP contribution in [0.3, 0.4) is 0 Å². The van der Waals surface area contributed by atoms with Crippen LogP contribution in [-0.2, 0) is 0 Å². The molecule has 0 saturated carbocycles. The summed E-state index contributed by atoms with van der Waals surface area (Å²) in [4.78, 5) is 24.7. The molecule has 9 heteroatoms. The van der Waals surface area contributed by atoms with Crippen LogP contribution in [0.25, 0.3) is 0 Å². The van der Waals surface area contributed by atoms with E-state index in [1.54, 1.807) is 0 Å². The molecule has 9 nitrogen and oxygen atoms in total. The van der Waals surface area contributed by atoms with E-state index in [-0.39, 0.29) is 22.8 Å². The molecule has 0 spiro atoms. The molecule has 0 bridgehead atoms. The number of nitro groups is 1. The molecule has 1 unspecified atom stereocenters. The molecule has 0 aliphatic heterocycles. The van der Waals surface area contributed by atoms with Crippen molar-refractivity contribution >= 4 is 11.6 Å². The van der Waals surface area contributed by atoms with Crippen LogP contribution in [0.15, 0.2) is 60.7 Å².